The first-order valence-corrected chi connectivity index (χ1v) is 10.8. The number of amides is 1. The van der Waals surface area contributed by atoms with Crippen LogP contribution >= 0.6 is 11.3 Å². The van der Waals surface area contributed by atoms with Gasteiger partial charge in [-0.15, -0.1) is 11.3 Å². The monoisotopic (exact) mass is 388 g/mol. The molecule has 1 aliphatic rings. The van der Waals surface area contributed by atoms with E-state index in [1.165, 1.54) is 13.0 Å². The van der Waals surface area contributed by atoms with Crippen LogP contribution in [-0.4, -0.2) is 37.5 Å². The van der Waals surface area contributed by atoms with Crippen molar-refractivity contribution in [3.8, 4) is 0 Å². The Kier molecular flexibility index (Phi) is 6.97. The van der Waals surface area contributed by atoms with E-state index in [-0.39, 0.29) is 4.21 Å². The highest BCUT2D eigenvalue weighted by atomic mass is 32.2. The molecular formula is C16H24N2O5S2. The Labute approximate surface area is 151 Å². The second-order valence-corrected chi connectivity index (χ2v) is 9.21. The summed E-state index contributed by atoms with van der Waals surface area (Å²) in [6, 6.07) is 1.63. The van der Waals surface area contributed by atoms with Crippen LogP contribution in [0.3, 0.4) is 0 Å². The van der Waals surface area contributed by atoms with Crippen LogP contribution in [0.2, 0.25) is 0 Å². The SMILES string of the molecule is C[C@H](NS(=O)(=O)c1cccs1)C(=O)N[C@@H]1CCCCCC[C@H]1C(=O)O. The summed E-state index contributed by atoms with van der Waals surface area (Å²) < 4.78 is 26.9. The number of nitrogens with one attached hydrogen (secondary N) is 2. The van der Waals surface area contributed by atoms with Gasteiger partial charge in [0.2, 0.25) is 5.91 Å². The maximum Gasteiger partial charge on any atom is 0.308 e. The minimum Gasteiger partial charge on any atom is -0.481 e. The van der Waals surface area contributed by atoms with Crippen molar-refractivity contribution < 1.29 is 23.1 Å². The molecule has 7 nitrogen and oxygen atoms in total. The largest absolute Gasteiger partial charge is 0.481 e. The normalized spacial score (nSPS) is 23.2. The van der Waals surface area contributed by atoms with Gasteiger partial charge in [0.25, 0.3) is 10.0 Å². The van der Waals surface area contributed by atoms with Gasteiger partial charge in [-0.3, -0.25) is 9.59 Å². The van der Waals surface area contributed by atoms with E-state index in [1.54, 1.807) is 11.4 Å². The minimum absolute atomic E-state index is 0.140. The smallest absolute Gasteiger partial charge is 0.308 e. The molecule has 140 valence electrons. The second kappa shape index (κ2) is 8.77. The zero-order chi connectivity index (χ0) is 18.4. The topological polar surface area (TPSA) is 113 Å². The molecule has 2 rings (SSSR count). The van der Waals surface area contributed by atoms with Crippen molar-refractivity contribution >= 4 is 33.2 Å². The molecule has 0 spiro atoms. The van der Waals surface area contributed by atoms with E-state index >= 15 is 0 Å². The number of sulfonamides is 1. The van der Waals surface area contributed by atoms with Crippen LogP contribution in [0.4, 0.5) is 0 Å². The summed E-state index contributed by atoms with van der Waals surface area (Å²) in [7, 11) is -3.75. The first-order chi connectivity index (χ1) is 11.8. The molecule has 1 aromatic heterocycles. The zero-order valence-corrected chi connectivity index (χ0v) is 15.7. The predicted octanol–water partition coefficient (Wildman–Crippen LogP) is 1.95. The fraction of sp³-hybridized carbons (Fsp3) is 0.625. The van der Waals surface area contributed by atoms with Crippen LogP contribution in [0.15, 0.2) is 21.7 Å². The van der Waals surface area contributed by atoms with Gasteiger partial charge in [0.05, 0.1) is 12.0 Å². The summed E-state index contributed by atoms with van der Waals surface area (Å²) in [4.78, 5) is 23.9. The van der Waals surface area contributed by atoms with E-state index in [1.807, 2.05) is 0 Å². The highest BCUT2D eigenvalue weighted by Gasteiger charge is 2.32. The summed E-state index contributed by atoms with van der Waals surface area (Å²) >= 11 is 1.07. The molecule has 0 saturated heterocycles. The minimum atomic E-state index is -3.75. The Hall–Kier alpha value is -1.45. The van der Waals surface area contributed by atoms with Gasteiger partial charge < -0.3 is 10.4 Å². The number of carbonyl (C=O) groups is 2. The summed E-state index contributed by atoms with van der Waals surface area (Å²) in [6.07, 6.45) is 4.80. The average Bonchev–Trinajstić information content (AvgIpc) is 3.04. The molecule has 0 bridgehead atoms. The van der Waals surface area contributed by atoms with Gasteiger partial charge in [-0.05, 0) is 31.2 Å². The van der Waals surface area contributed by atoms with Gasteiger partial charge in [0.15, 0.2) is 0 Å². The van der Waals surface area contributed by atoms with Gasteiger partial charge in [-0.1, -0.05) is 31.7 Å². The maximum absolute atomic E-state index is 12.4. The molecule has 1 heterocycles. The number of carboxylic acid groups (broad SMARTS) is 1. The summed E-state index contributed by atoms with van der Waals surface area (Å²) in [5, 5.41) is 13.8. The molecule has 1 amide bonds. The van der Waals surface area contributed by atoms with Gasteiger partial charge in [0, 0.05) is 6.04 Å². The Balaban J connectivity index is 2.01. The summed E-state index contributed by atoms with van der Waals surface area (Å²) in [6.45, 7) is 1.46. The van der Waals surface area contributed by atoms with E-state index in [0.717, 1.165) is 37.0 Å². The third-order valence-corrected chi connectivity index (χ3v) is 7.33. The number of rotatable bonds is 6. The number of carbonyl (C=O) groups excluding carboxylic acids is 1. The van der Waals surface area contributed by atoms with Crippen LogP contribution in [0.25, 0.3) is 0 Å². The van der Waals surface area contributed by atoms with E-state index < -0.39 is 39.9 Å². The van der Waals surface area contributed by atoms with Crippen molar-refractivity contribution in [2.75, 3.05) is 0 Å². The number of hydrogen-bond donors (Lipinski definition) is 3. The highest BCUT2D eigenvalue weighted by Crippen LogP contribution is 2.23. The van der Waals surface area contributed by atoms with Crippen LogP contribution in [-0.2, 0) is 19.6 Å². The van der Waals surface area contributed by atoms with Crippen molar-refractivity contribution in [2.45, 2.75) is 61.7 Å². The van der Waals surface area contributed by atoms with E-state index in [4.69, 9.17) is 0 Å². The molecule has 0 radical (unpaired) electrons. The Morgan fingerprint density at radius 2 is 1.92 bits per heavy atom. The van der Waals surface area contributed by atoms with Crippen LogP contribution < -0.4 is 10.0 Å². The second-order valence-electron chi connectivity index (χ2n) is 6.33. The zero-order valence-electron chi connectivity index (χ0n) is 14.1. The Morgan fingerprint density at radius 3 is 2.52 bits per heavy atom. The standard InChI is InChI=1S/C16H24N2O5S2/c1-11(18-25(22,23)14-9-6-10-24-14)15(19)17-13-8-5-3-2-4-7-12(13)16(20)21/h6,9-13,18H,2-5,7-8H2,1H3,(H,17,19)(H,20,21)/t11-,12+,13+/m0/s1. The molecule has 0 aliphatic heterocycles. The van der Waals surface area contributed by atoms with Crippen molar-refractivity contribution in [1.29, 1.82) is 0 Å². The van der Waals surface area contributed by atoms with E-state index in [2.05, 4.69) is 10.0 Å². The fourth-order valence-electron chi connectivity index (χ4n) is 3.02. The predicted molar refractivity (Wildman–Crippen MR) is 94.9 cm³/mol. The van der Waals surface area contributed by atoms with Gasteiger partial charge in [-0.2, -0.15) is 4.72 Å². The Bertz CT molecular complexity index is 687. The lowest BCUT2D eigenvalue weighted by Crippen LogP contribution is -2.51. The van der Waals surface area contributed by atoms with Crippen molar-refractivity contribution in [2.24, 2.45) is 5.92 Å². The number of thiophene rings is 1. The molecule has 0 unspecified atom stereocenters. The van der Waals surface area contributed by atoms with Crippen molar-refractivity contribution in [3.05, 3.63) is 17.5 Å². The quantitative estimate of drug-likeness (QED) is 0.689. The average molecular weight is 389 g/mol. The molecule has 9 heteroatoms. The van der Waals surface area contributed by atoms with Gasteiger partial charge >= 0.3 is 5.97 Å². The fourth-order valence-corrected chi connectivity index (χ4v) is 5.23. The first kappa shape index (κ1) is 19.9. The lowest BCUT2D eigenvalue weighted by molar-refractivity contribution is -0.143. The van der Waals surface area contributed by atoms with E-state index in [0.29, 0.717) is 12.8 Å². The first-order valence-electron chi connectivity index (χ1n) is 8.40. The summed E-state index contributed by atoms with van der Waals surface area (Å²) in [5.41, 5.74) is 0. The highest BCUT2D eigenvalue weighted by molar-refractivity contribution is 7.91. The van der Waals surface area contributed by atoms with Crippen LogP contribution in [0.1, 0.15) is 45.4 Å². The molecule has 3 atom stereocenters. The molecular weight excluding hydrogens is 364 g/mol. The third kappa shape index (κ3) is 5.52. The third-order valence-electron chi connectivity index (χ3n) is 4.40. The summed E-state index contributed by atoms with van der Waals surface area (Å²) in [5.74, 6) is -2.05. The number of hydrogen-bond acceptors (Lipinski definition) is 5. The molecule has 25 heavy (non-hydrogen) atoms. The van der Waals surface area contributed by atoms with Crippen LogP contribution in [0.5, 0.6) is 0 Å². The van der Waals surface area contributed by atoms with Crippen LogP contribution in [0, 0.1) is 5.92 Å². The number of carboxylic acids is 1. The van der Waals surface area contributed by atoms with Crippen molar-refractivity contribution in [3.63, 3.8) is 0 Å². The Morgan fingerprint density at radius 1 is 1.24 bits per heavy atom. The molecule has 1 aliphatic carbocycles. The molecule has 3 N–H and O–H groups in total. The lowest BCUT2D eigenvalue weighted by Gasteiger charge is -2.28. The van der Waals surface area contributed by atoms with Gasteiger partial charge in [0.1, 0.15) is 4.21 Å². The number of aliphatic carboxylic acids is 1. The van der Waals surface area contributed by atoms with Gasteiger partial charge in [-0.25, -0.2) is 8.42 Å². The molecule has 1 saturated carbocycles. The van der Waals surface area contributed by atoms with Crippen molar-refractivity contribution in [1.82, 2.24) is 10.0 Å². The lowest BCUT2D eigenvalue weighted by atomic mass is 9.86. The maximum atomic E-state index is 12.4. The molecule has 1 fully saturated rings. The molecule has 0 aromatic carbocycles. The van der Waals surface area contributed by atoms with E-state index in [9.17, 15) is 23.1 Å². The molecule has 1 aromatic rings.